The van der Waals surface area contributed by atoms with Gasteiger partial charge in [0.25, 0.3) is 0 Å². The number of carbonyl (C=O) groups is 2. The summed E-state index contributed by atoms with van der Waals surface area (Å²) in [5.41, 5.74) is 3.22. The predicted molar refractivity (Wildman–Crippen MR) is 113 cm³/mol. The molecule has 0 spiro atoms. The number of esters is 1. The van der Waals surface area contributed by atoms with Crippen molar-refractivity contribution in [3.63, 3.8) is 0 Å². The van der Waals surface area contributed by atoms with Gasteiger partial charge in [-0.1, -0.05) is 44.2 Å². The van der Waals surface area contributed by atoms with Gasteiger partial charge in [-0.2, -0.15) is 5.26 Å². The molecule has 1 atom stereocenters. The Bertz CT molecular complexity index is 946. The summed E-state index contributed by atoms with van der Waals surface area (Å²) in [6.07, 6.45) is 1.61. The maximum Gasteiger partial charge on any atom is 0.349 e. The number of ether oxygens (including phenoxy) is 1. The third-order valence-corrected chi connectivity index (χ3v) is 4.89. The SMILES string of the molecule is Cc1cc(/C=C(\C#N)C(=O)OC(C)C(=O)c2ccccc2)c(C)n1CCC(C)C. The predicted octanol–water partition coefficient (Wildman–Crippen LogP) is 4.87. The number of carbonyl (C=O) groups excluding carboxylic acids is 2. The number of rotatable bonds is 8. The molecule has 0 saturated carbocycles. The van der Waals surface area contributed by atoms with E-state index in [2.05, 4.69) is 18.4 Å². The van der Waals surface area contributed by atoms with E-state index in [0.29, 0.717) is 11.5 Å². The molecule has 0 saturated heterocycles. The molecule has 0 amide bonds. The molecule has 0 N–H and O–H groups in total. The molecule has 1 heterocycles. The fourth-order valence-corrected chi connectivity index (χ4v) is 3.11. The number of Topliss-reactive ketones (excluding diaryl/α,β-unsaturated/α-hetero) is 1. The highest BCUT2D eigenvalue weighted by molar-refractivity contribution is 6.03. The van der Waals surface area contributed by atoms with Gasteiger partial charge in [0, 0.05) is 23.5 Å². The second-order valence-electron chi connectivity index (χ2n) is 7.61. The van der Waals surface area contributed by atoms with Crippen molar-refractivity contribution in [2.45, 2.75) is 53.7 Å². The number of ketones is 1. The van der Waals surface area contributed by atoms with Gasteiger partial charge < -0.3 is 9.30 Å². The summed E-state index contributed by atoms with van der Waals surface area (Å²) >= 11 is 0. The standard InChI is InChI=1S/C24H28N2O3/c1-16(2)11-12-26-17(3)13-21(18(26)4)14-22(15-25)24(28)29-19(5)23(27)20-9-7-6-8-10-20/h6-10,13-14,16,19H,11-12H2,1-5H3/b22-14+. The van der Waals surface area contributed by atoms with Crippen LogP contribution in [0, 0.1) is 31.1 Å². The van der Waals surface area contributed by atoms with Crippen LogP contribution in [0.5, 0.6) is 0 Å². The van der Waals surface area contributed by atoms with Crippen LogP contribution in [0.25, 0.3) is 6.08 Å². The number of hydrogen-bond donors (Lipinski definition) is 0. The summed E-state index contributed by atoms with van der Waals surface area (Å²) in [6, 6.07) is 12.5. The smallest absolute Gasteiger partial charge is 0.349 e. The minimum Gasteiger partial charge on any atom is -0.450 e. The van der Waals surface area contributed by atoms with Crippen molar-refractivity contribution in [1.29, 1.82) is 5.26 Å². The molecule has 29 heavy (non-hydrogen) atoms. The lowest BCUT2D eigenvalue weighted by Gasteiger charge is -2.12. The zero-order valence-corrected chi connectivity index (χ0v) is 17.7. The van der Waals surface area contributed by atoms with Gasteiger partial charge in [-0.15, -0.1) is 0 Å². The van der Waals surface area contributed by atoms with E-state index >= 15 is 0 Å². The van der Waals surface area contributed by atoms with Crippen molar-refractivity contribution in [3.05, 3.63) is 64.5 Å². The average Bonchev–Trinajstić information content (AvgIpc) is 2.96. The average molecular weight is 392 g/mol. The molecule has 0 aliphatic heterocycles. The van der Waals surface area contributed by atoms with E-state index in [0.717, 1.165) is 29.9 Å². The van der Waals surface area contributed by atoms with Crippen LogP contribution in [0.3, 0.4) is 0 Å². The first-order valence-electron chi connectivity index (χ1n) is 9.83. The van der Waals surface area contributed by atoms with Crippen LogP contribution in [0.15, 0.2) is 42.0 Å². The number of aryl methyl sites for hydroxylation is 1. The second-order valence-corrected chi connectivity index (χ2v) is 7.61. The van der Waals surface area contributed by atoms with Gasteiger partial charge in [-0.05, 0) is 50.8 Å². The van der Waals surface area contributed by atoms with E-state index in [4.69, 9.17) is 4.74 Å². The first-order valence-corrected chi connectivity index (χ1v) is 9.83. The molecule has 1 unspecified atom stereocenters. The minimum absolute atomic E-state index is 0.123. The van der Waals surface area contributed by atoms with E-state index in [1.807, 2.05) is 32.0 Å². The van der Waals surface area contributed by atoms with Crippen LogP contribution >= 0.6 is 0 Å². The Balaban J connectivity index is 2.17. The molecule has 2 aromatic rings. The van der Waals surface area contributed by atoms with E-state index in [1.165, 1.54) is 13.0 Å². The molecular formula is C24H28N2O3. The van der Waals surface area contributed by atoms with Gasteiger partial charge in [-0.3, -0.25) is 4.79 Å². The van der Waals surface area contributed by atoms with Gasteiger partial charge in [0.05, 0.1) is 0 Å². The number of benzene rings is 1. The van der Waals surface area contributed by atoms with Gasteiger partial charge in [0.1, 0.15) is 11.6 Å². The molecule has 1 aromatic heterocycles. The maximum absolute atomic E-state index is 12.5. The molecule has 0 fully saturated rings. The molecule has 1 aromatic carbocycles. The van der Waals surface area contributed by atoms with Crippen LogP contribution in [0.2, 0.25) is 0 Å². The highest BCUT2D eigenvalue weighted by Gasteiger charge is 2.22. The summed E-state index contributed by atoms with van der Waals surface area (Å²) in [5, 5.41) is 9.46. The zero-order chi connectivity index (χ0) is 21.6. The molecule has 0 aliphatic rings. The molecular weight excluding hydrogens is 364 g/mol. The molecule has 152 valence electrons. The summed E-state index contributed by atoms with van der Waals surface area (Å²) in [5.74, 6) is -0.511. The van der Waals surface area contributed by atoms with Gasteiger partial charge in [0.15, 0.2) is 6.10 Å². The zero-order valence-electron chi connectivity index (χ0n) is 17.7. The Hall–Kier alpha value is -3.13. The normalized spacial score (nSPS) is 12.5. The summed E-state index contributed by atoms with van der Waals surface area (Å²) in [7, 11) is 0. The number of aromatic nitrogens is 1. The fourth-order valence-electron chi connectivity index (χ4n) is 3.11. The first kappa shape index (κ1) is 22.2. The van der Waals surface area contributed by atoms with E-state index < -0.39 is 12.1 Å². The number of nitrogens with zero attached hydrogens (tertiary/aromatic N) is 2. The molecule has 5 nitrogen and oxygen atoms in total. The maximum atomic E-state index is 12.5. The van der Waals surface area contributed by atoms with Crippen molar-refractivity contribution >= 4 is 17.8 Å². The highest BCUT2D eigenvalue weighted by atomic mass is 16.5. The van der Waals surface area contributed by atoms with Gasteiger partial charge in [-0.25, -0.2) is 4.79 Å². The lowest BCUT2D eigenvalue weighted by atomic mass is 10.1. The monoisotopic (exact) mass is 392 g/mol. The Morgan fingerprint density at radius 1 is 1.17 bits per heavy atom. The van der Waals surface area contributed by atoms with Crippen LogP contribution < -0.4 is 0 Å². The van der Waals surface area contributed by atoms with Crippen molar-refractivity contribution in [2.75, 3.05) is 0 Å². The van der Waals surface area contributed by atoms with Crippen molar-refractivity contribution < 1.29 is 14.3 Å². The molecule has 0 aliphatic carbocycles. The van der Waals surface area contributed by atoms with Gasteiger partial charge in [0.2, 0.25) is 5.78 Å². The Kier molecular flexibility index (Phi) is 7.55. The number of hydrogen-bond acceptors (Lipinski definition) is 4. The largest absolute Gasteiger partial charge is 0.450 e. The lowest BCUT2D eigenvalue weighted by Crippen LogP contribution is -2.25. The fraction of sp³-hybridized carbons (Fsp3) is 0.375. The molecule has 0 bridgehead atoms. The minimum atomic E-state index is -0.972. The van der Waals surface area contributed by atoms with Crippen molar-refractivity contribution in [3.8, 4) is 6.07 Å². The Morgan fingerprint density at radius 3 is 2.41 bits per heavy atom. The lowest BCUT2D eigenvalue weighted by molar-refractivity contribution is -0.141. The van der Waals surface area contributed by atoms with E-state index in [9.17, 15) is 14.9 Å². The third kappa shape index (κ3) is 5.68. The van der Waals surface area contributed by atoms with Crippen LogP contribution in [0.4, 0.5) is 0 Å². The Morgan fingerprint density at radius 2 is 1.83 bits per heavy atom. The van der Waals surface area contributed by atoms with Crippen molar-refractivity contribution in [2.24, 2.45) is 5.92 Å². The van der Waals surface area contributed by atoms with Gasteiger partial charge >= 0.3 is 5.97 Å². The molecule has 0 radical (unpaired) electrons. The van der Waals surface area contributed by atoms with E-state index in [1.54, 1.807) is 24.3 Å². The second kappa shape index (κ2) is 9.88. The summed E-state index contributed by atoms with van der Waals surface area (Å²) in [4.78, 5) is 24.9. The quantitative estimate of drug-likeness (QED) is 0.278. The summed E-state index contributed by atoms with van der Waals surface area (Å²) < 4.78 is 7.45. The number of nitriles is 1. The Labute approximate surface area is 172 Å². The highest BCUT2D eigenvalue weighted by Crippen LogP contribution is 2.20. The summed E-state index contributed by atoms with van der Waals surface area (Å²) in [6.45, 7) is 10.7. The molecule has 2 rings (SSSR count). The van der Waals surface area contributed by atoms with Crippen molar-refractivity contribution in [1.82, 2.24) is 4.57 Å². The first-order chi connectivity index (χ1) is 13.7. The van der Waals surface area contributed by atoms with E-state index in [-0.39, 0.29) is 11.4 Å². The third-order valence-electron chi connectivity index (χ3n) is 4.89. The van der Waals surface area contributed by atoms with Crippen LogP contribution in [-0.4, -0.2) is 22.4 Å². The molecule has 5 heteroatoms. The van der Waals surface area contributed by atoms with Crippen LogP contribution in [0.1, 0.15) is 54.5 Å². The van der Waals surface area contributed by atoms with Crippen LogP contribution in [-0.2, 0) is 16.1 Å². The topological polar surface area (TPSA) is 72.1 Å².